The molecule has 25 heavy (non-hydrogen) atoms. The lowest BCUT2D eigenvalue weighted by molar-refractivity contribution is 0.102. The summed E-state index contributed by atoms with van der Waals surface area (Å²) in [5.74, 6) is 1.05. The Balaban J connectivity index is 2.13. The predicted octanol–water partition coefficient (Wildman–Crippen LogP) is 3.85. The molecule has 0 radical (unpaired) electrons. The van der Waals surface area contributed by atoms with E-state index >= 15 is 0 Å². The normalized spacial score (nSPS) is 10.4. The number of benzene rings is 2. The van der Waals surface area contributed by atoms with Crippen LogP contribution in [0.15, 0.2) is 42.5 Å². The second kappa shape index (κ2) is 9.69. The van der Waals surface area contributed by atoms with Gasteiger partial charge in [0.1, 0.15) is 0 Å². The Kier molecular flexibility index (Phi) is 7.29. The fraction of sp³-hybridized carbons (Fsp3) is 0.350. The lowest BCUT2D eigenvalue weighted by Crippen LogP contribution is -2.14. The number of rotatable bonds is 9. The van der Waals surface area contributed by atoms with Crippen LogP contribution in [0.1, 0.15) is 36.7 Å². The molecule has 2 N–H and O–H groups in total. The highest BCUT2D eigenvalue weighted by Gasteiger charge is 2.12. The van der Waals surface area contributed by atoms with E-state index in [1.165, 1.54) is 0 Å². The minimum atomic E-state index is -0.176. The number of nitrogens with one attached hydrogen (secondary N) is 2. The maximum absolute atomic E-state index is 12.5. The largest absolute Gasteiger partial charge is 0.490 e. The smallest absolute Gasteiger partial charge is 0.255 e. The Hall–Kier alpha value is -2.53. The number of hydrogen-bond acceptors (Lipinski definition) is 4. The van der Waals surface area contributed by atoms with Gasteiger partial charge in [-0.25, -0.2) is 0 Å². The number of ether oxygens (including phenoxy) is 2. The molecule has 0 aliphatic rings. The van der Waals surface area contributed by atoms with Gasteiger partial charge < -0.3 is 20.1 Å². The Morgan fingerprint density at radius 1 is 0.960 bits per heavy atom. The fourth-order valence-electron chi connectivity index (χ4n) is 2.42. The maximum Gasteiger partial charge on any atom is 0.255 e. The molecule has 0 aromatic heterocycles. The average molecular weight is 342 g/mol. The van der Waals surface area contributed by atoms with Gasteiger partial charge in [0.2, 0.25) is 0 Å². The quantitative estimate of drug-likeness (QED) is 0.727. The van der Waals surface area contributed by atoms with Gasteiger partial charge >= 0.3 is 0 Å². The first-order chi connectivity index (χ1) is 12.2. The Labute approximate surface area is 149 Å². The van der Waals surface area contributed by atoms with E-state index in [0.717, 1.165) is 24.3 Å². The predicted molar refractivity (Wildman–Crippen MR) is 101 cm³/mol. The van der Waals surface area contributed by atoms with Gasteiger partial charge in [-0.2, -0.15) is 0 Å². The molecule has 0 saturated heterocycles. The second-order valence-corrected chi connectivity index (χ2v) is 5.46. The Bertz CT molecular complexity index is 701. The molecule has 2 aromatic rings. The van der Waals surface area contributed by atoms with Crippen molar-refractivity contribution in [2.24, 2.45) is 0 Å². The van der Waals surface area contributed by atoms with E-state index in [0.29, 0.717) is 30.3 Å². The summed E-state index contributed by atoms with van der Waals surface area (Å²) in [6, 6.07) is 13.0. The molecule has 0 bridgehead atoms. The van der Waals surface area contributed by atoms with Crippen LogP contribution in [0, 0.1) is 0 Å². The van der Waals surface area contributed by atoms with Crippen LogP contribution in [-0.4, -0.2) is 25.7 Å². The highest BCUT2D eigenvalue weighted by molar-refractivity contribution is 6.04. The molecule has 2 aromatic carbocycles. The summed E-state index contributed by atoms with van der Waals surface area (Å²) in [5.41, 5.74) is 2.43. The van der Waals surface area contributed by atoms with E-state index in [4.69, 9.17) is 9.47 Å². The molecule has 1 amide bonds. The third-order valence-electron chi connectivity index (χ3n) is 3.57. The van der Waals surface area contributed by atoms with Crippen LogP contribution in [0.5, 0.6) is 11.5 Å². The van der Waals surface area contributed by atoms with Gasteiger partial charge in [0.25, 0.3) is 5.91 Å². The van der Waals surface area contributed by atoms with Crippen molar-refractivity contribution in [1.82, 2.24) is 5.32 Å². The highest BCUT2D eigenvalue weighted by atomic mass is 16.5. The van der Waals surface area contributed by atoms with Crippen LogP contribution < -0.4 is 20.1 Å². The summed E-state index contributed by atoms with van der Waals surface area (Å²) < 4.78 is 11.1. The average Bonchev–Trinajstić information content (AvgIpc) is 2.62. The monoisotopic (exact) mass is 342 g/mol. The first-order valence-corrected chi connectivity index (χ1v) is 8.68. The van der Waals surface area contributed by atoms with Gasteiger partial charge in [0.05, 0.1) is 13.2 Å². The summed E-state index contributed by atoms with van der Waals surface area (Å²) in [6.45, 7) is 8.62. The fourth-order valence-corrected chi connectivity index (χ4v) is 2.42. The topological polar surface area (TPSA) is 59.6 Å². The van der Waals surface area contributed by atoms with Crippen LogP contribution in [0.3, 0.4) is 0 Å². The first-order valence-electron chi connectivity index (χ1n) is 8.68. The molecular formula is C20H26N2O3. The molecule has 0 unspecified atom stereocenters. The molecule has 0 saturated carbocycles. The lowest BCUT2D eigenvalue weighted by Gasteiger charge is -2.13. The summed E-state index contributed by atoms with van der Waals surface area (Å²) in [7, 11) is 0. The van der Waals surface area contributed by atoms with Crippen molar-refractivity contribution >= 4 is 11.6 Å². The van der Waals surface area contributed by atoms with Crippen molar-refractivity contribution in [3.05, 3.63) is 53.6 Å². The summed E-state index contributed by atoms with van der Waals surface area (Å²) in [5, 5.41) is 6.21. The zero-order valence-corrected chi connectivity index (χ0v) is 15.1. The molecule has 2 rings (SSSR count). The van der Waals surface area contributed by atoms with E-state index in [1.54, 1.807) is 18.2 Å². The third kappa shape index (κ3) is 5.50. The van der Waals surface area contributed by atoms with Crippen molar-refractivity contribution in [3.8, 4) is 11.5 Å². The minimum absolute atomic E-state index is 0.176. The Morgan fingerprint density at radius 2 is 1.72 bits per heavy atom. The molecule has 0 spiro atoms. The zero-order valence-electron chi connectivity index (χ0n) is 15.1. The first kappa shape index (κ1) is 18.8. The zero-order chi connectivity index (χ0) is 18.1. The van der Waals surface area contributed by atoms with Crippen LogP contribution in [0.2, 0.25) is 0 Å². The standard InChI is InChI=1S/C20H26N2O3/c1-4-21-14-15-8-7-9-17(12-15)22-20(23)16-10-11-18(24-5-2)19(13-16)25-6-3/h7-13,21H,4-6,14H2,1-3H3,(H,22,23). The van der Waals surface area contributed by atoms with E-state index in [1.807, 2.05) is 38.1 Å². The van der Waals surface area contributed by atoms with Crippen LogP contribution >= 0.6 is 0 Å². The molecule has 5 nitrogen and oxygen atoms in total. The van der Waals surface area contributed by atoms with E-state index in [9.17, 15) is 4.79 Å². The summed E-state index contributed by atoms with van der Waals surface area (Å²) in [6.07, 6.45) is 0. The molecular weight excluding hydrogens is 316 g/mol. The minimum Gasteiger partial charge on any atom is -0.490 e. The van der Waals surface area contributed by atoms with Crippen molar-refractivity contribution in [1.29, 1.82) is 0 Å². The molecule has 0 fully saturated rings. The molecule has 134 valence electrons. The van der Waals surface area contributed by atoms with Gasteiger partial charge in [0, 0.05) is 17.8 Å². The third-order valence-corrected chi connectivity index (χ3v) is 3.57. The van der Waals surface area contributed by atoms with E-state index in [2.05, 4.69) is 17.6 Å². The number of carbonyl (C=O) groups is 1. The molecule has 5 heteroatoms. The number of hydrogen-bond donors (Lipinski definition) is 2. The molecule has 0 atom stereocenters. The number of anilines is 1. The van der Waals surface area contributed by atoms with Gasteiger partial charge in [-0.05, 0) is 56.3 Å². The van der Waals surface area contributed by atoms with Crippen molar-refractivity contribution in [2.45, 2.75) is 27.3 Å². The summed E-state index contributed by atoms with van der Waals surface area (Å²) >= 11 is 0. The van der Waals surface area contributed by atoms with E-state index < -0.39 is 0 Å². The number of carbonyl (C=O) groups excluding carboxylic acids is 1. The van der Waals surface area contributed by atoms with Crippen LogP contribution in [0.25, 0.3) is 0 Å². The SMILES string of the molecule is CCNCc1cccc(NC(=O)c2ccc(OCC)c(OCC)c2)c1. The van der Waals surface area contributed by atoms with Crippen molar-refractivity contribution in [2.75, 3.05) is 25.1 Å². The van der Waals surface area contributed by atoms with E-state index in [-0.39, 0.29) is 5.91 Å². The molecule has 0 aliphatic carbocycles. The van der Waals surface area contributed by atoms with Gasteiger partial charge in [-0.15, -0.1) is 0 Å². The highest BCUT2D eigenvalue weighted by Crippen LogP contribution is 2.29. The van der Waals surface area contributed by atoms with Crippen molar-refractivity contribution in [3.63, 3.8) is 0 Å². The lowest BCUT2D eigenvalue weighted by atomic mass is 10.1. The second-order valence-electron chi connectivity index (χ2n) is 5.46. The van der Waals surface area contributed by atoms with Crippen molar-refractivity contribution < 1.29 is 14.3 Å². The van der Waals surface area contributed by atoms with Gasteiger partial charge in [-0.1, -0.05) is 19.1 Å². The van der Waals surface area contributed by atoms with Gasteiger partial charge in [0.15, 0.2) is 11.5 Å². The summed E-state index contributed by atoms with van der Waals surface area (Å²) in [4.78, 5) is 12.5. The maximum atomic E-state index is 12.5. The number of amides is 1. The van der Waals surface area contributed by atoms with Crippen LogP contribution in [-0.2, 0) is 6.54 Å². The van der Waals surface area contributed by atoms with Crippen LogP contribution in [0.4, 0.5) is 5.69 Å². The molecule has 0 aliphatic heterocycles. The Morgan fingerprint density at radius 3 is 2.44 bits per heavy atom. The van der Waals surface area contributed by atoms with Gasteiger partial charge in [-0.3, -0.25) is 4.79 Å². The molecule has 0 heterocycles.